The normalized spacial score (nSPS) is 12.6. The first-order valence-corrected chi connectivity index (χ1v) is 8.42. The fraction of sp³-hybridized carbons (Fsp3) is 0.714. The Labute approximate surface area is 126 Å². The molecule has 1 rings (SSSR count). The van der Waals surface area contributed by atoms with E-state index in [4.69, 9.17) is 10.8 Å². The molecule has 0 aliphatic rings. The number of rotatable bonds is 7. The Bertz CT molecular complexity index is 436. The fourth-order valence-corrected chi connectivity index (χ4v) is 2.98. The van der Waals surface area contributed by atoms with Crippen molar-refractivity contribution in [3.63, 3.8) is 0 Å². The van der Waals surface area contributed by atoms with Crippen molar-refractivity contribution in [3.05, 3.63) is 11.4 Å². The molecule has 0 amide bonds. The Morgan fingerprint density at radius 1 is 1.35 bits per heavy atom. The van der Waals surface area contributed by atoms with Crippen molar-refractivity contribution in [1.29, 1.82) is 0 Å². The average Bonchev–Trinajstić information content (AvgIpc) is 2.44. The molecule has 1 unspecified atom stereocenters. The zero-order valence-electron chi connectivity index (χ0n) is 13.4. The average molecular weight is 297 g/mol. The number of hydrazine groups is 1. The maximum Gasteiger partial charge on any atom is 0.148 e. The quantitative estimate of drug-likeness (QED) is 0.596. The smallest absolute Gasteiger partial charge is 0.148 e. The standard InChI is InChI=1S/C14H27N5S/c1-7-11(8-20-6)19(5)14-10(4)13(18-15)16-12(17-14)9(2)3/h9,11H,7-8,15H2,1-6H3,(H,16,17,18). The van der Waals surface area contributed by atoms with Gasteiger partial charge in [0.15, 0.2) is 0 Å². The molecule has 0 fully saturated rings. The summed E-state index contributed by atoms with van der Waals surface area (Å²) in [6, 6.07) is 0.462. The van der Waals surface area contributed by atoms with Crippen LogP contribution in [-0.2, 0) is 0 Å². The van der Waals surface area contributed by atoms with Crippen molar-refractivity contribution in [2.45, 2.75) is 46.1 Å². The molecule has 1 heterocycles. The predicted molar refractivity (Wildman–Crippen MR) is 89.5 cm³/mol. The van der Waals surface area contributed by atoms with Crippen LogP contribution in [-0.4, -0.2) is 35.1 Å². The van der Waals surface area contributed by atoms with Gasteiger partial charge in [0.25, 0.3) is 0 Å². The number of nitrogens with one attached hydrogen (secondary N) is 1. The largest absolute Gasteiger partial charge is 0.355 e. The Kier molecular flexibility index (Phi) is 6.55. The van der Waals surface area contributed by atoms with Gasteiger partial charge in [-0.05, 0) is 19.6 Å². The van der Waals surface area contributed by atoms with E-state index in [9.17, 15) is 0 Å². The molecule has 20 heavy (non-hydrogen) atoms. The third kappa shape index (κ3) is 3.76. The highest BCUT2D eigenvalue weighted by atomic mass is 32.2. The van der Waals surface area contributed by atoms with Crippen molar-refractivity contribution in [3.8, 4) is 0 Å². The number of nitrogens with two attached hydrogens (primary N) is 1. The third-order valence-electron chi connectivity index (χ3n) is 3.50. The number of nitrogen functional groups attached to an aromatic ring is 1. The molecule has 0 saturated carbocycles. The molecule has 0 saturated heterocycles. The summed E-state index contributed by atoms with van der Waals surface area (Å²) in [5.74, 6) is 9.45. The minimum absolute atomic E-state index is 0.274. The lowest BCUT2D eigenvalue weighted by atomic mass is 10.1. The monoisotopic (exact) mass is 297 g/mol. The molecule has 1 aromatic heterocycles. The van der Waals surface area contributed by atoms with E-state index < -0.39 is 0 Å². The topological polar surface area (TPSA) is 67.1 Å². The van der Waals surface area contributed by atoms with Gasteiger partial charge in [-0.25, -0.2) is 15.8 Å². The second-order valence-electron chi connectivity index (χ2n) is 5.31. The van der Waals surface area contributed by atoms with Gasteiger partial charge in [-0.15, -0.1) is 0 Å². The molecule has 0 spiro atoms. The van der Waals surface area contributed by atoms with Gasteiger partial charge in [0.2, 0.25) is 0 Å². The molecule has 0 aliphatic heterocycles. The number of aromatic nitrogens is 2. The van der Waals surface area contributed by atoms with Gasteiger partial charge >= 0.3 is 0 Å². The summed E-state index contributed by atoms with van der Waals surface area (Å²) in [5.41, 5.74) is 3.69. The molecule has 1 aromatic rings. The van der Waals surface area contributed by atoms with Crippen molar-refractivity contribution in [2.24, 2.45) is 5.84 Å². The van der Waals surface area contributed by atoms with Crippen LogP contribution in [0, 0.1) is 6.92 Å². The molecule has 114 valence electrons. The summed E-state index contributed by atoms with van der Waals surface area (Å²) in [5, 5.41) is 0. The molecule has 5 nitrogen and oxygen atoms in total. The summed E-state index contributed by atoms with van der Waals surface area (Å²) in [6.45, 7) is 8.40. The van der Waals surface area contributed by atoms with E-state index >= 15 is 0 Å². The van der Waals surface area contributed by atoms with Gasteiger partial charge in [0, 0.05) is 30.3 Å². The van der Waals surface area contributed by atoms with Crippen molar-refractivity contribution in [1.82, 2.24) is 9.97 Å². The number of hydrogen-bond acceptors (Lipinski definition) is 6. The zero-order valence-corrected chi connectivity index (χ0v) is 14.2. The zero-order chi connectivity index (χ0) is 15.3. The maximum atomic E-state index is 5.59. The van der Waals surface area contributed by atoms with E-state index in [1.165, 1.54) is 0 Å². The molecule has 0 aliphatic carbocycles. The highest BCUT2D eigenvalue weighted by molar-refractivity contribution is 7.98. The Balaban J connectivity index is 3.23. The summed E-state index contributed by atoms with van der Waals surface area (Å²) < 4.78 is 0. The lowest BCUT2D eigenvalue weighted by Crippen LogP contribution is -2.35. The van der Waals surface area contributed by atoms with Gasteiger partial charge in [-0.1, -0.05) is 20.8 Å². The van der Waals surface area contributed by atoms with E-state index in [1.807, 2.05) is 18.7 Å². The van der Waals surface area contributed by atoms with Crippen LogP contribution in [0.2, 0.25) is 0 Å². The number of nitrogens with zero attached hydrogens (tertiary/aromatic N) is 3. The lowest BCUT2D eigenvalue weighted by Gasteiger charge is -2.30. The van der Waals surface area contributed by atoms with E-state index in [0.717, 1.165) is 29.4 Å². The molecule has 1 atom stereocenters. The molecule has 0 radical (unpaired) electrons. The van der Waals surface area contributed by atoms with Crippen LogP contribution in [0.1, 0.15) is 44.5 Å². The SMILES string of the molecule is CCC(CSC)N(C)c1nc(C(C)C)nc(NN)c1C. The van der Waals surface area contributed by atoms with Crippen LogP contribution in [0.5, 0.6) is 0 Å². The van der Waals surface area contributed by atoms with E-state index in [0.29, 0.717) is 11.9 Å². The summed E-state index contributed by atoms with van der Waals surface area (Å²) >= 11 is 1.86. The van der Waals surface area contributed by atoms with E-state index in [2.05, 4.69) is 49.4 Å². The fourth-order valence-electron chi connectivity index (χ4n) is 2.13. The van der Waals surface area contributed by atoms with E-state index in [-0.39, 0.29) is 5.92 Å². The second kappa shape index (κ2) is 7.69. The Hall–Kier alpha value is -1.01. The first-order chi connectivity index (χ1) is 9.46. The molecule has 0 aromatic carbocycles. The summed E-state index contributed by atoms with van der Waals surface area (Å²) in [4.78, 5) is 11.5. The predicted octanol–water partition coefficient (Wildman–Crippen LogP) is 2.77. The first kappa shape index (κ1) is 17.0. The van der Waals surface area contributed by atoms with Gasteiger partial charge < -0.3 is 10.3 Å². The summed E-state index contributed by atoms with van der Waals surface area (Å²) in [7, 11) is 2.10. The lowest BCUT2D eigenvalue weighted by molar-refractivity contribution is 0.656. The summed E-state index contributed by atoms with van der Waals surface area (Å²) in [6.07, 6.45) is 3.22. The van der Waals surface area contributed by atoms with Crippen molar-refractivity contribution < 1.29 is 0 Å². The van der Waals surface area contributed by atoms with Crippen LogP contribution >= 0.6 is 11.8 Å². The van der Waals surface area contributed by atoms with Gasteiger partial charge in [-0.3, -0.25) is 0 Å². The van der Waals surface area contributed by atoms with Crippen LogP contribution in [0.15, 0.2) is 0 Å². The van der Waals surface area contributed by atoms with Gasteiger partial charge in [-0.2, -0.15) is 11.8 Å². The Morgan fingerprint density at radius 2 is 2.00 bits per heavy atom. The third-order valence-corrected chi connectivity index (χ3v) is 4.22. The highest BCUT2D eigenvalue weighted by Crippen LogP contribution is 2.27. The number of hydrogen-bond donors (Lipinski definition) is 2. The molecule has 3 N–H and O–H groups in total. The maximum absolute atomic E-state index is 5.59. The minimum atomic E-state index is 0.274. The van der Waals surface area contributed by atoms with Crippen LogP contribution in [0.25, 0.3) is 0 Å². The van der Waals surface area contributed by atoms with E-state index in [1.54, 1.807) is 0 Å². The minimum Gasteiger partial charge on any atom is -0.355 e. The van der Waals surface area contributed by atoms with Crippen LogP contribution in [0.3, 0.4) is 0 Å². The molecular weight excluding hydrogens is 270 g/mol. The Morgan fingerprint density at radius 3 is 2.45 bits per heavy atom. The molecule has 0 bridgehead atoms. The molecule has 6 heteroatoms. The second-order valence-corrected chi connectivity index (χ2v) is 6.22. The highest BCUT2D eigenvalue weighted by Gasteiger charge is 2.20. The number of anilines is 2. The number of thioether (sulfide) groups is 1. The van der Waals surface area contributed by atoms with Crippen molar-refractivity contribution in [2.75, 3.05) is 29.4 Å². The molecular formula is C14H27N5S. The first-order valence-electron chi connectivity index (χ1n) is 7.03. The van der Waals surface area contributed by atoms with Crippen molar-refractivity contribution >= 4 is 23.4 Å². The van der Waals surface area contributed by atoms with Crippen LogP contribution < -0.4 is 16.2 Å². The van der Waals surface area contributed by atoms with Gasteiger partial charge in [0.1, 0.15) is 17.5 Å². The van der Waals surface area contributed by atoms with Crippen LogP contribution in [0.4, 0.5) is 11.6 Å². The van der Waals surface area contributed by atoms with Gasteiger partial charge in [0.05, 0.1) is 0 Å².